The summed E-state index contributed by atoms with van der Waals surface area (Å²) < 4.78 is 0. The highest BCUT2D eigenvalue weighted by molar-refractivity contribution is 6.22. The molecule has 0 amide bonds. The second-order valence-corrected chi connectivity index (χ2v) is 6.00. The SMILES string of the molecule is Cc1ccncc1C1=CC(Cl)CC(C)(C)C1. The van der Waals surface area contributed by atoms with E-state index in [0.717, 1.165) is 12.8 Å². The molecule has 1 aliphatic rings. The van der Waals surface area contributed by atoms with E-state index in [1.807, 2.05) is 12.4 Å². The lowest BCUT2D eigenvalue weighted by Crippen LogP contribution is -2.21. The van der Waals surface area contributed by atoms with Crippen LogP contribution in [0.25, 0.3) is 5.57 Å². The summed E-state index contributed by atoms with van der Waals surface area (Å²) in [5.41, 5.74) is 4.17. The molecule has 2 heteroatoms. The van der Waals surface area contributed by atoms with E-state index in [4.69, 9.17) is 11.6 Å². The molecule has 0 bridgehead atoms. The average molecular weight is 236 g/mol. The molecule has 0 saturated heterocycles. The molecule has 86 valence electrons. The predicted octanol–water partition coefficient (Wildman–Crippen LogP) is 4.20. The highest BCUT2D eigenvalue weighted by Gasteiger charge is 2.28. The molecule has 1 aromatic rings. The van der Waals surface area contributed by atoms with E-state index in [2.05, 4.69) is 37.9 Å². The van der Waals surface area contributed by atoms with Crippen LogP contribution in [0.15, 0.2) is 24.5 Å². The van der Waals surface area contributed by atoms with Gasteiger partial charge in [0, 0.05) is 12.4 Å². The van der Waals surface area contributed by atoms with Crippen LogP contribution in [-0.2, 0) is 0 Å². The van der Waals surface area contributed by atoms with Crippen molar-refractivity contribution >= 4 is 17.2 Å². The third kappa shape index (κ3) is 2.46. The second kappa shape index (κ2) is 4.21. The van der Waals surface area contributed by atoms with Gasteiger partial charge in [0.05, 0.1) is 5.38 Å². The Hall–Kier alpha value is -0.820. The zero-order valence-electron chi connectivity index (χ0n) is 10.1. The summed E-state index contributed by atoms with van der Waals surface area (Å²) in [6, 6.07) is 2.06. The lowest BCUT2D eigenvalue weighted by molar-refractivity contribution is 0.340. The zero-order valence-corrected chi connectivity index (χ0v) is 10.9. The number of hydrogen-bond acceptors (Lipinski definition) is 1. The van der Waals surface area contributed by atoms with Gasteiger partial charge in [0.25, 0.3) is 0 Å². The van der Waals surface area contributed by atoms with Crippen molar-refractivity contribution in [3.8, 4) is 0 Å². The van der Waals surface area contributed by atoms with Gasteiger partial charge in [-0.25, -0.2) is 0 Å². The molecular formula is C14H18ClN. The zero-order chi connectivity index (χ0) is 11.8. The van der Waals surface area contributed by atoms with Crippen molar-refractivity contribution < 1.29 is 0 Å². The summed E-state index contributed by atoms with van der Waals surface area (Å²) in [6.45, 7) is 6.69. The number of halogens is 1. The van der Waals surface area contributed by atoms with Crippen LogP contribution in [0.1, 0.15) is 37.8 Å². The maximum Gasteiger partial charge on any atom is 0.0527 e. The van der Waals surface area contributed by atoms with Gasteiger partial charge in [0.15, 0.2) is 0 Å². The van der Waals surface area contributed by atoms with Gasteiger partial charge >= 0.3 is 0 Å². The minimum Gasteiger partial charge on any atom is -0.264 e. The molecule has 0 fully saturated rings. The van der Waals surface area contributed by atoms with Crippen molar-refractivity contribution in [2.45, 2.75) is 39.0 Å². The first-order chi connectivity index (χ1) is 7.48. The van der Waals surface area contributed by atoms with Crippen molar-refractivity contribution in [2.75, 3.05) is 0 Å². The van der Waals surface area contributed by atoms with Crippen LogP contribution < -0.4 is 0 Å². The molecule has 1 atom stereocenters. The number of hydrogen-bond donors (Lipinski definition) is 0. The number of aryl methyl sites for hydroxylation is 1. The topological polar surface area (TPSA) is 12.9 Å². The third-order valence-corrected chi connectivity index (χ3v) is 3.46. The first kappa shape index (κ1) is 11.7. The lowest BCUT2D eigenvalue weighted by Gasteiger charge is -2.32. The van der Waals surface area contributed by atoms with Crippen LogP contribution in [-0.4, -0.2) is 10.4 Å². The third-order valence-electron chi connectivity index (χ3n) is 3.18. The number of allylic oxidation sites excluding steroid dienone is 2. The fraction of sp³-hybridized carbons (Fsp3) is 0.500. The Kier molecular flexibility index (Phi) is 3.07. The summed E-state index contributed by atoms with van der Waals surface area (Å²) in [6.07, 6.45) is 8.12. The van der Waals surface area contributed by atoms with Crippen LogP contribution in [0.3, 0.4) is 0 Å². The Morgan fingerprint density at radius 3 is 2.81 bits per heavy atom. The summed E-state index contributed by atoms with van der Waals surface area (Å²) in [7, 11) is 0. The van der Waals surface area contributed by atoms with Crippen LogP contribution in [0.2, 0.25) is 0 Å². The molecule has 1 unspecified atom stereocenters. The normalized spacial score (nSPS) is 24.0. The summed E-state index contributed by atoms with van der Waals surface area (Å²) in [4.78, 5) is 4.21. The maximum atomic E-state index is 6.30. The number of alkyl halides is 1. The Morgan fingerprint density at radius 2 is 2.19 bits per heavy atom. The number of aromatic nitrogens is 1. The minimum absolute atomic E-state index is 0.151. The van der Waals surface area contributed by atoms with E-state index in [-0.39, 0.29) is 5.38 Å². The van der Waals surface area contributed by atoms with E-state index < -0.39 is 0 Å². The first-order valence-electron chi connectivity index (χ1n) is 5.74. The highest BCUT2D eigenvalue weighted by atomic mass is 35.5. The maximum absolute atomic E-state index is 6.30. The Balaban J connectivity index is 2.38. The quantitative estimate of drug-likeness (QED) is 0.665. The molecule has 1 heterocycles. The fourth-order valence-electron chi connectivity index (χ4n) is 2.44. The Labute approximate surface area is 103 Å². The summed E-state index contributed by atoms with van der Waals surface area (Å²) in [5, 5.41) is 0.151. The van der Waals surface area contributed by atoms with Gasteiger partial charge in [-0.2, -0.15) is 0 Å². The lowest BCUT2D eigenvalue weighted by atomic mass is 9.75. The predicted molar refractivity (Wildman–Crippen MR) is 69.6 cm³/mol. The fourth-order valence-corrected chi connectivity index (χ4v) is 3.01. The van der Waals surface area contributed by atoms with Gasteiger partial charge in [-0.15, -0.1) is 11.6 Å². The standard InChI is InChI=1S/C14H18ClN/c1-10-4-5-16-9-13(10)11-6-12(15)8-14(2,3)7-11/h4-6,9,12H,7-8H2,1-3H3. The van der Waals surface area contributed by atoms with E-state index in [1.54, 1.807) is 0 Å². The highest BCUT2D eigenvalue weighted by Crippen LogP contribution is 2.41. The molecule has 1 aromatic heterocycles. The molecular weight excluding hydrogens is 218 g/mol. The van der Waals surface area contributed by atoms with Gasteiger partial charge in [-0.1, -0.05) is 19.9 Å². The van der Waals surface area contributed by atoms with Gasteiger partial charge in [-0.05, 0) is 47.9 Å². The number of rotatable bonds is 1. The number of pyridine rings is 1. The van der Waals surface area contributed by atoms with Crippen LogP contribution in [0, 0.1) is 12.3 Å². The molecule has 0 spiro atoms. The van der Waals surface area contributed by atoms with Gasteiger partial charge in [0.1, 0.15) is 0 Å². The van der Waals surface area contributed by atoms with Crippen molar-refractivity contribution in [3.05, 3.63) is 35.7 Å². The van der Waals surface area contributed by atoms with Crippen molar-refractivity contribution in [1.29, 1.82) is 0 Å². The molecule has 16 heavy (non-hydrogen) atoms. The number of nitrogens with zero attached hydrogens (tertiary/aromatic N) is 1. The van der Waals surface area contributed by atoms with Crippen molar-refractivity contribution in [2.24, 2.45) is 5.41 Å². The average Bonchev–Trinajstić information content (AvgIpc) is 2.15. The van der Waals surface area contributed by atoms with Crippen LogP contribution >= 0.6 is 11.6 Å². The van der Waals surface area contributed by atoms with Gasteiger partial charge in [0.2, 0.25) is 0 Å². The van der Waals surface area contributed by atoms with E-state index in [0.29, 0.717) is 5.41 Å². The molecule has 0 saturated carbocycles. The molecule has 1 aliphatic carbocycles. The second-order valence-electron chi connectivity index (χ2n) is 5.44. The minimum atomic E-state index is 0.151. The molecule has 0 N–H and O–H groups in total. The molecule has 0 aromatic carbocycles. The van der Waals surface area contributed by atoms with Crippen LogP contribution in [0.4, 0.5) is 0 Å². The first-order valence-corrected chi connectivity index (χ1v) is 6.17. The summed E-state index contributed by atoms with van der Waals surface area (Å²) >= 11 is 6.30. The van der Waals surface area contributed by atoms with Gasteiger partial charge in [-0.3, -0.25) is 4.98 Å². The van der Waals surface area contributed by atoms with E-state index >= 15 is 0 Å². The van der Waals surface area contributed by atoms with Crippen molar-refractivity contribution in [1.82, 2.24) is 4.98 Å². The van der Waals surface area contributed by atoms with Crippen LogP contribution in [0.5, 0.6) is 0 Å². The van der Waals surface area contributed by atoms with E-state index in [9.17, 15) is 0 Å². The monoisotopic (exact) mass is 235 g/mol. The van der Waals surface area contributed by atoms with Crippen molar-refractivity contribution in [3.63, 3.8) is 0 Å². The Bertz CT molecular complexity index is 420. The van der Waals surface area contributed by atoms with Gasteiger partial charge < -0.3 is 0 Å². The molecule has 1 nitrogen and oxygen atoms in total. The largest absolute Gasteiger partial charge is 0.264 e. The Morgan fingerprint density at radius 1 is 1.44 bits per heavy atom. The molecule has 2 rings (SSSR count). The molecule has 0 radical (unpaired) electrons. The smallest absolute Gasteiger partial charge is 0.0527 e. The van der Waals surface area contributed by atoms with E-state index in [1.165, 1.54) is 16.7 Å². The molecule has 0 aliphatic heterocycles. The summed E-state index contributed by atoms with van der Waals surface area (Å²) in [5.74, 6) is 0.